The maximum absolute atomic E-state index is 13.2. The smallest absolute Gasteiger partial charge is 0.343 e. The highest BCUT2D eigenvalue weighted by Crippen LogP contribution is 2.32. The Morgan fingerprint density at radius 1 is 0.575 bits per heavy atom. The van der Waals surface area contributed by atoms with Crippen molar-refractivity contribution in [2.75, 3.05) is 0 Å². The topological polar surface area (TPSA) is 95.7 Å². The highest BCUT2D eigenvalue weighted by atomic mass is 16.6. The molecule has 0 bridgehead atoms. The van der Waals surface area contributed by atoms with E-state index >= 15 is 0 Å². The van der Waals surface area contributed by atoms with Crippen molar-refractivity contribution in [3.63, 3.8) is 0 Å². The molecule has 200 valence electrons. The van der Waals surface area contributed by atoms with Gasteiger partial charge in [-0.15, -0.1) is 0 Å². The van der Waals surface area contributed by atoms with E-state index in [1.54, 1.807) is 24.3 Å². The Morgan fingerprint density at radius 2 is 1.02 bits per heavy atom. The summed E-state index contributed by atoms with van der Waals surface area (Å²) in [7, 11) is 0. The third-order valence-corrected chi connectivity index (χ3v) is 6.82. The van der Waals surface area contributed by atoms with Crippen LogP contribution in [0.3, 0.4) is 0 Å². The highest BCUT2D eigenvalue weighted by Gasteiger charge is 2.29. The van der Waals surface area contributed by atoms with E-state index in [-0.39, 0.29) is 22.8 Å². The molecule has 0 saturated heterocycles. The molecule has 6 nitrogen and oxygen atoms in total. The van der Waals surface area contributed by atoms with Crippen LogP contribution in [0.25, 0.3) is 21.5 Å². The predicted molar refractivity (Wildman–Crippen MR) is 156 cm³/mol. The van der Waals surface area contributed by atoms with Crippen molar-refractivity contribution in [1.82, 2.24) is 0 Å². The molecule has 0 spiro atoms. The fourth-order valence-corrected chi connectivity index (χ4v) is 4.35. The third kappa shape index (κ3) is 5.63. The van der Waals surface area contributed by atoms with Crippen LogP contribution >= 0.6 is 0 Å². The quantitative estimate of drug-likeness (QED) is 0.144. The summed E-state index contributed by atoms with van der Waals surface area (Å²) in [5.74, 6) is -1.65. The van der Waals surface area contributed by atoms with E-state index in [9.17, 15) is 14.4 Å². The number of benzene rings is 5. The molecule has 5 rings (SSSR count). The minimum absolute atomic E-state index is 0.00757. The van der Waals surface area contributed by atoms with E-state index in [0.717, 1.165) is 21.5 Å². The lowest BCUT2D eigenvalue weighted by molar-refractivity contribution is 0.0682. The van der Waals surface area contributed by atoms with Crippen molar-refractivity contribution in [1.29, 1.82) is 0 Å². The lowest BCUT2D eigenvalue weighted by Gasteiger charge is -2.25. The van der Waals surface area contributed by atoms with E-state index in [4.69, 9.17) is 15.2 Å². The van der Waals surface area contributed by atoms with E-state index in [2.05, 4.69) is 0 Å². The number of carbonyl (C=O) groups is 3. The normalized spacial score (nSPS) is 12.2. The first-order valence-electron chi connectivity index (χ1n) is 13.0. The molecular weight excluding hydrogens is 502 g/mol. The highest BCUT2D eigenvalue weighted by molar-refractivity contribution is 6.02. The number of ether oxygens (including phenoxy) is 2. The zero-order valence-corrected chi connectivity index (χ0v) is 22.5. The SMILES string of the molecule is CC(C)(C)C(N)C(=O)c1ccc(OC(=O)c2ccc3ccccc3c2)c(OC(=O)c2ccc3ccccc3c2)c1. The van der Waals surface area contributed by atoms with Gasteiger partial charge in [0.1, 0.15) is 0 Å². The van der Waals surface area contributed by atoms with Gasteiger partial charge < -0.3 is 15.2 Å². The van der Waals surface area contributed by atoms with Crippen LogP contribution in [0.15, 0.2) is 103 Å². The molecule has 5 aromatic rings. The summed E-state index contributed by atoms with van der Waals surface area (Å²) >= 11 is 0. The second-order valence-corrected chi connectivity index (χ2v) is 10.8. The Balaban J connectivity index is 1.48. The molecule has 5 aromatic carbocycles. The lowest BCUT2D eigenvalue weighted by Crippen LogP contribution is -2.42. The number of nitrogens with two attached hydrogens (primary N) is 1. The third-order valence-electron chi connectivity index (χ3n) is 6.82. The van der Waals surface area contributed by atoms with E-state index in [0.29, 0.717) is 11.1 Å². The first kappa shape index (κ1) is 26.8. The first-order valence-corrected chi connectivity index (χ1v) is 13.0. The molecule has 2 N–H and O–H groups in total. The zero-order valence-electron chi connectivity index (χ0n) is 22.5. The van der Waals surface area contributed by atoms with Gasteiger partial charge in [0.15, 0.2) is 17.3 Å². The Bertz CT molecular complexity index is 1770. The van der Waals surface area contributed by atoms with Crippen LogP contribution in [-0.2, 0) is 0 Å². The molecule has 40 heavy (non-hydrogen) atoms. The van der Waals surface area contributed by atoms with Gasteiger partial charge in [0, 0.05) is 5.56 Å². The van der Waals surface area contributed by atoms with Gasteiger partial charge in [-0.25, -0.2) is 9.59 Å². The van der Waals surface area contributed by atoms with Crippen molar-refractivity contribution >= 4 is 39.3 Å². The summed E-state index contributed by atoms with van der Waals surface area (Å²) in [6, 6.07) is 29.3. The standard InChI is InChI=1S/C34H29NO5/c1-34(2,3)31(35)30(36)25-16-17-28(39-32(37)26-14-12-21-8-4-6-10-23(21)18-26)29(20-25)40-33(38)27-15-13-22-9-5-7-11-24(22)19-27/h4-20,31H,35H2,1-3H3. The van der Waals surface area contributed by atoms with Gasteiger partial charge in [0.2, 0.25) is 0 Å². The van der Waals surface area contributed by atoms with E-state index < -0.39 is 23.4 Å². The Morgan fingerprint density at radius 3 is 1.52 bits per heavy atom. The maximum atomic E-state index is 13.2. The monoisotopic (exact) mass is 531 g/mol. The molecule has 0 fully saturated rings. The largest absolute Gasteiger partial charge is 0.419 e. The summed E-state index contributed by atoms with van der Waals surface area (Å²) in [4.78, 5) is 39.5. The van der Waals surface area contributed by atoms with Crippen LogP contribution < -0.4 is 15.2 Å². The summed E-state index contributed by atoms with van der Waals surface area (Å²) in [6.07, 6.45) is 0. The molecule has 0 aromatic heterocycles. The molecule has 0 saturated carbocycles. The number of ketones is 1. The average molecular weight is 532 g/mol. The van der Waals surface area contributed by atoms with Crippen molar-refractivity contribution in [3.05, 3.63) is 120 Å². The molecule has 1 unspecified atom stereocenters. The second-order valence-electron chi connectivity index (χ2n) is 10.8. The summed E-state index contributed by atoms with van der Waals surface area (Å²) in [5, 5.41) is 3.73. The average Bonchev–Trinajstić information content (AvgIpc) is 2.96. The van der Waals surface area contributed by atoms with Gasteiger partial charge in [-0.05, 0) is 69.4 Å². The summed E-state index contributed by atoms with van der Waals surface area (Å²) < 4.78 is 11.4. The number of fused-ring (bicyclic) bond motifs is 2. The molecule has 0 aliphatic rings. The predicted octanol–water partition coefficient (Wildman–Crippen LogP) is 6.99. The molecular formula is C34H29NO5. The Labute approximate surface area is 232 Å². The lowest BCUT2D eigenvalue weighted by atomic mass is 9.83. The van der Waals surface area contributed by atoms with Gasteiger partial charge in [0.25, 0.3) is 0 Å². The van der Waals surface area contributed by atoms with Crippen LogP contribution in [-0.4, -0.2) is 23.8 Å². The van der Waals surface area contributed by atoms with Crippen LogP contribution in [0.1, 0.15) is 51.8 Å². The molecule has 0 aliphatic carbocycles. The Hall–Kier alpha value is -4.81. The number of hydrogen-bond acceptors (Lipinski definition) is 6. The van der Waals surface area contributed by atoms with Crippen molar-refractivity contribution in [2.45, 2.75) is 26.8 Å². The minimum Gasteiger partial charge on any atom is -0.419 e. The number of hydrogen-bond donors (Lipinski definition) is 1. The molecule has 1 atom stereocenters. The van der Waals surface area contributed by atoms with Crippen molar-refractivity contribution in [3.8, 4) is 11.5 Å². The van der Waals surface area contributed by atoms with Gasteiger partial charge >= 0.3 is 11.9 Å². The minimum atomic E-state index is -0.789. The van der Waals surface area contributed by atoms with Crippen LogP contribution in [0.2, 0.25) is 0 Å². The van der Waals surface area contributed by atoms with Gasteiger partial charge in [-0.2, -0.15) is 0 Å². The fraction of sp³-hybridized carbons (Fsp3) is 0.147. The van der Waals surface area contributed by atoms with Crippen LogP contribution in [0.4, 0.5) is 0 Å². The number of Topliss-reactive ketones (excluding diaryl/α,β-unsaturated/α-hetero) is 1. The first-order chi connectivity index (χ1) is 19.1. The van der Waals surface area contributed by atoms with Crippen LogP contribution in [0.5, 0.6) is 11.5 Å². The summed E-state index contributed by atoms with van der Waals surface area (Å²) in [5.41, 5.74) is 6.63. The van der Waals surface area contributed by atoms with E-state index in [1.807, 2.05) is 81.4 Å². The van der Waals surface area contributed by atoms with Gasteiger partial charge in [0.05, 0.1) is 17.2 Å². The molecule has 6 heteroatoms. The van der Waals surface area contributed by atoms with E-state index in [1.165, 1.54) is 18.2 Å². The Kier molecular flexibility index (Phi) is 7.20. The summed E-state index contributed by atoms with van der Waals surface area (Å²) in [6.45, 7) is 5.61. The fourth-order valence-electron chi connectivity index (χ4n) is 4.35. The molecule has 0 aliphatic heterocycles. The molecule has 0 amide bonds. The number of rotatable bonds is 6. The second kappa shape index (κ2) is 10.8. The van der Waals surface area contributed by atoms with Gasteiger partial charge in [-0.1, -0.05) is 81.4 Å². The molecule has 0 heterocycles. The number of carbonyl (C=O) groups excluding carboxylic acids is 3. The van der Waals surface area contributed by atoms with Crippen molar-refractivity contribution in [2.24, 2.45) is 11.1 Å². The molecule has 0 radical (unpaired) electrons. The van der Waals surface area contributed by atoms with Crippen LogP contribution in [0, 0.1) is 5.41 Å². The van der Waals surface area contributed by atoms with Gasteiger partial charge in [-0.3, -0.25) is 4.79 Å². The number of esters is 2. The zero-order chi connectivity index (χ0) is 28.4. The maximum Gasteiger partial charge on any atom is 0.343 e. The van der Waals surface area contributed by atoms with Crippen molar-refractivity contribution < 1.29 is 23.9 Å².